The first-order chi connectivity index (χ1) is 15.9. The maximum absolute atomic E-state index is 12.7. The molecule has 10 heteroatoms. The fourth-order valence-corrected chi connectivity index (χ4v) is 4.14. The van der Waals surface area contributed by atoms with E-state index in [4.69, 9.17) is 35.8 Å². The van der Waals surface area contributed by atoms with Crippen LogP contribution in [0.3, 0.4) is 0 Å². The first-order valence-corrected chi connectivity index (χ1v) is 11.3. The predicted octanol–water partition coefficient (Wildman–Crippen LogP) is 4.15. The number of ether oxygens (including phenoxy) is 3. The summed E-state index contributed by atoms with van der Waals surface area (Å²) in [7, 11) is 2.92. The molecule has 8 nitrogen and oxygen atoms in total. The number of amides is 1. The molecule has 0 unspecified atom stereocenters. The average molecular weight is 481 g/mol. The van der Waals surface area contributed by atoms with Gasteiger partial charge in [-0.2, -0.15) is 0 Å². The van der Waals surface area contributed by atoms with E-state index in [0.29, 0.717) is 42.5 Å². The molecule has 180 valence electrons. The Bertz CT molecular complexity index is 978. The maximum atomic E-state index is 12.7. The second-order valence-corrected chi connectivity index (χ2v) is 8.00. The minimum absolute atomic E-state index is 0.0424. The third kappa shape index (κ3) is 5.65. The highest BCUT2D eigenvalue weighted by Gasteiger charge is 2.37. The second-order valence-electron chi connectivity index (χ2n) is 7.59. The molecule has 1 fully saturated rings. The molecular weight excluding hydrogens is 451 g/mol. The third-order valence-corrected chi connectivity index (χ3v) is 5.88. The summed E-state index contributed by atoms with van der Waals surface area (Å²) in [6.07, 6.45) is 0.425. The van der Waals surface area contributed by atoms with Crippen molar-refractivity contribution in [3.63, 3.8) is 0 Å². The zero-order chi connectivity index (χ0) is 24.0. The van der Waals surface area contributed by atoms with Crippen molar-refractivity contribution in [1.82, 2.24) is 14.9 Å². The molecule has 0 saturated carbocycles. The number of nitrogens with one attached hydrogen (secondary N) is 1. The fourth-order valence-electron chi connectivity index (χ4n) is 3.88. The monoisotopic (exact) mass is 480 g/mol. The zero-order valence-electron chi connectivity index (χ0n) is 19.4. The Kier molecular flexibility index (Phi) is 8.68. The van der Waals surface area contributed by atoms with E-state index in [1.165, 1.54) is 12.0 Å². The van der Waals surface area contributed by atoms with Gasteiger partial charge in [-0.15, -0.1) is 0 Å². The summed E-state index contributed by atoms with van der Waals surface area (Å²) >= 11 is 6.51. The third-order valence-electron chi connectivity index (χ3n) is 5.57. The molecule has 0 radical (unpaired) electrons. The smallest absolute Gasteiger partial charge is 0.409 e. The molecule has 1 aromatic carbocycles. The van der Waals surface area contributed by atoms with Gasteiger partial charge in [-0.3, -0.25) is 0 Å². The van der Waals surface area contributed by atoms with Crippen LogP contribution in [0.2, 0.25) is 5.02 Å². The Morgan fingerprint density at radius 2 is 1.97 bits per heavy atom. The first-order valence-electron chi connectivity index (χ1n) is 11.0. The molecule has 2 heterocycles. The lowest BCUT2D eigenvalue weighted by molar-refractivity contribution is 0.0443. The minimum atomic E-state index is -0.598. The van der Waals surface area contributed by atoms with Crippen molar-refractivity contribution in [1.29, 1.82) is 0 Å². The quantitative estimate of drug-likeness (QED) is 0.577. The van der Waals surface area contributed by atoms with Gasteiger partial charge in [0.05, 0.1) is 61.6 Å². The molecule has 1 aliphatic heterocycles. The fraction of sp³-hybridized carbons (Fsp3) is 0.522. The topological polar surface area (TPSA) is 85.8 Å². The van der Waals surface area contributed by atoms with Crippen molar-refractivity contribution in [2.75, 3.05) is 45.9 Å². The van der Waals surface area contributed by atoms with Crippen LogP contribution in [0.25, 0.3) is 11.3 Å². The number of aryl methyl sites for hydroxylation is 2. The van der Waals surface area contributed by atoms with E-state index in [1.54, 1.807) is 13.2 Å². The van der Waals surface area contributed by atoms with Gasteiger partial charge in [-0.25, -0.2) is 19.2 Å². The standard InChI is InChI=1S/C23H30ClFN4O4/c1-5-17-21(15-8-7-14(31-3)11-16(15)24)26-18(6-2)22(27-17)28-19-12-29(23(30)32-4)13-20(19)33-10-9-25/h7-8,11,19-20H,5-6,9-10,12-13H2,1-4H3,(H,27,28)/t19-,20+/m1/s1. The number of methoxy groups -OCH3 is 2. The van der Waals surface area contributed by atoms with Crippen molar-refractivity contribution in [2.45, 2.75) is 38.8 Å². The van der Waals surface area contributed by atoms with Gasteiger partial charge in [0.1, 0.15) is 18.2 Å². The van der Waals surface area contributed by atoms with E-state index in [0.717, 1.165) is 22.6 Å². The summed E-state index contributed by atoms with van der Waals surface area (Å²) in [5.41, 5.74) is 3.05. The van der Waals surface area contributed by atoms with E-state index < -0.39 is 18.9 Å². The van der Waals surface area contributed by atoms with Crippen molar-refractivity contribution < 1.29 is 23.4 Å². The van der Waals surface area contributed by atoms with Gasteiger partial charge < -0.3 is 24.4 Å². The molecule has 1 saturated heterocycles. The highest BCUT2D eigenvalue weighted by atomic mass is 35.5. The zero-order valence-corrected chi connectivity index (χ0v) is 20.1. The first kappa shape index (κ1) is 25.0. The Labute approximate surface area is 198 Å². The Morgan fingerprint density at radius 1 is 1.21 bits per heavy atom. The van der Waals surface area contributed by atoms with Crippen LogP contribution in [0.4, 0.5) is 15.0 Å². The molecule has 2 aromatic rings. The number of benzene rings is 1. The van der Waals surface area contributed by atoms with Crippen molar-refractivity contribution in [2.24, 2.45) is 0 Å². The molecule has 0 spiro atoms. The van der Waals surface area contributed by atoms with Gasteiger partial charge in [0, 0.05) is 12.1 Å². The van der Waals surface area contributed by atoms with Crippen LogP contribution < -0.4 is 10.1 Å². The minimum Gasteiger partial charge on any atom is -0.497 e. The molecule has 0 bridgehead atoms. The summed E-state index contributed by atoms with van der Waals surface area (Å²) in [6, 6.07) is 5.19. The van der Waals surface area contributed by atoms with Crippen molar-refractivity contribution in [3.05, 3.63) is 34.6 Å². The lowest BCUT2D eigenvalue weighted by Gasteiger charge is -2.22. The summed E-state index contributed by atoms with van der Waals surface area (Å²) < 4.78 is 28.5. The number of rotatable bonds is 9. The van der Waals surface area contributed by atoms with Gasteiger partial charge >= 0.3 is 6.09 Å². The highest BCUT2D eigenvalue weighted by Crippen LogP contribution is 2.33. The summed E-state index contributed by atoms with van der Waals surface area (Å²) in [4.78, 5) is 23.3. The summed E-state index contributed by atoms with van der Waals surface area (Å²) in [5.74, 6) is 1.28. The van der Waals surface area contributed by atoms with Gasteiger partial charge in [0.15, 0.2) is 0 Å². The number of carbonyl (C=O) groups is 1. The molecule has 33 heavy (non-hydrogen) atoms. The van der Waals surface area contributed by atoms with Crippen LogP contribution in [-0.4, -0.2) is 73.7 Å². The molecule has 1 amide bonds. The molecule has 0 aliphatic carbocycles. The predicted molar refractivity (Wildman–Crippen MR) is 125 cm³/mol. The van der Waals surface area contributed by atoms with E-state index >= 15 is 0 Å². The highest BCUT2D eigenvalue weighted by molar-refractivity contribution is 6.33. The number of anilines is 1. The SMILES string of the molecule is CCc1nc(-c2ccc(OC)cc2Cl)c(CC)nc1N[C@@H]1CN(C(=O)OC)C[C@@H]1OCCF. The van der Waals surface area contributed by atoms with Crippen molar-refractivity contribution in [3.8, 4) is 17.0 Å². The summed E-state index contributed by atoms with van der Waals surface area (Å²) in [5, 5.41) is 3.92. The Hall–Kier alpha value is -2.65. The molecule has 3 rings (SSSR count). The van der Waals surface area contributed by atoms with Crippen LogP contribution in [0, 0.1) is 0 Å². The maximum Gasteiger partial charge on any atom is 0.409 e. The van der Waals surface area contributed by atoms with Crippen molar-refractivity contribution >= 4 is 23.5 Å². The number of carbonyl (C=O) groups excluding carboxylic acids is 1. The lowest BCUT2D eigenvalue weighted by Crippen LogP contribution is -2.36. The van der Waals surface area contributed by atoms with E-state index in [1.807, 2.05) is 26.0 Å². The molecule has 1 aliphatic rings. The number of nitrogens with zero attached hydrogens (tertiary/aromatic N) is 3. The normalized spacial score (nSPS) is 17.8. The second kappa shape index (κ2) is 11.5. The number of halogens is 2. The molecule has 1 aromatic heterocycles. The van der Waals surface area contributed by atoms with Gasteiger partial charge in [0.25, 0.3) is 0 Å². The molecule has 1 N–H and O–H groups in total. The lowest BCUT2D eigenvalue weighted by atomic mass is 10.1. The average Bonchev–Trinajstić information content (AvgIpc) is 3.24. The van der Waals surface area contributed by atoms with E-state index in [2.05, 4.69) is 5.32 Å². The van der Waals surface area contributed by atoms with E-state index in [9.17, 15) is 9.18 Å². The van der Waals surface area contributed by atoms with Crippen LogP contribution >= 0.6 is 11.6 Å². The molecule has 2 atom stereocenters. The van der Waals surface area contributed by atoms with E-state index in [-0.39, 0.29) is 12.6 Å². The number of hydrogen-bond acceptors (Lipinski definition) is 7. The Morgan fingerprint density at radius 3 is 2.58 bits per heavy atom. The number of alkyl halides is 1. The van der Waals surface area contributed by atoms with Gasteiger partial charge in [0.2, 0.25) is 0 Å². The summed E-state index contributed by atoms with van der Waals surface area (Å²) in [6.45, 7) is 4.01. The molecular formula is C23H30ClFN4O4. The van der Waals surface area contributed by atoms with Crippen LogP contribution in [0.15, 0.2) is 18.2 Å². The largest absolute Gasteiger partial charge is 0.497 e. The van der Waals surface area contributed by atoms with Gasteiger partial charge in [-0.1, -0.05) is 25.4 Å². The number of aromatic nitrogens is 2. The number of hydrogen-bond donors (Lipinski definition) is 1. The number of likely N-dealkylation sites (tertiary alicyclic amines) is 1. The van der Waals surface area contributed by atoms with Crippen LogP contribution in [0.5, 0.6) is 5.75 Å². The van der Waals surface area contributed by atoms with Crippen LogP contribution in [-0.2, 0) is 22.3 Å². The Balaban J connectivity index is 1.93. The van der Waals surface area contributed by atoms with Gasteiger partial charge in [-0.05, 0) is 31.0 Å². The van der Waals surface area contributed by atoms with Crippen LogP contribution in [0.1, 0.15) is 25.2 Å².